The van der Waals surface area contributed by atoms with E-state index < -0.39 is 11.0 Å². The molecule has 0 aliphatic rings. The van der Waals surface area contributed by atoms with Crippen LogP contribution in [-0.4, -0.2) is 22.9 Å². The summed E-state index contributed by atoms with van der Waals surface area (Å²) in [7, 11) is 0.192. The van der Waals surface area contributed by atoms with Gasteiger partial charge in [-0.1, -0.05) is 25.1 Å². The third-order valence-corrected chi connectivity index (χ3v) is 6.37. The Bertz CT molecular complexity index is 1070. The minimum absolute atomic E-state index is 0.0167. The summed E-state index contributed by atoms with van der Waals surface area (Å²) < 4.78 is 17.4. The van der Waals surface area contributed by atoms with E-state index in [2.05, 4.69) is 51.2 Å². The van der Waals surface area contributed by atoms with Crippen molar-refractivity contribution in [3.8, 4) is 0 Å². The van der Waals surface area contributed by atoms with Gasteiger partial charge < -0.3 is 10.1 Å². The van der Waals surface area contributed by atoms with Crippen molar-refractivity contribution in [3.05, 3.63) is 64.8 Å². The third kappa shape index (κ3) is 4.72. The Hall–Kier alpha value is -2.28. The molecule has 0 aliphatic carbocycles. The van der Waals surface area contributed by atoms with Gasteiger partial charge in [0.1, 0.15) is 11.0 Å². The summed E-state index contributed by atoms with van der Waals surface area (Å²) in [6.07, 6.45) is 0.993. The number of ether oxygens (including phenoxy) is 1. The maximum absolute atomic E-state index is 11.9. The Morgan fingerprint density at radius 2 is 1.90 bits per heavy atom. The van der Waals surface area contributed by atoms with Gasteiger partial charge in [-0.2, -0.15) is 0 Å². The van der Waals surface area contributed by atoms with Crippen LogP contribution in [-0.2, 0) is 15.7 Å². The lowest BCUT2D eigenvalue weighted by Crippen LogP contribution is -2.13. The average Bonchev–Trinajstić information content (AvgIpc) is 2.71. The van der Waals surface area contributed by atoms with Gasteiger partial charge in [-0.25, -0.2) is 9.35 Å². The van der Waals surface area contributed by atoms with Gasteiger partial charge in [-0.15, -0.1) is 0 Å². The molecular formula is C24H31N3O2S. The largest absolute Gasteiger partial charge is 0.384 e. The smallest absolute Gasteiger partial charge is 0.124 e. The summed E-state index contributed by atoms with van der Waals surface area (Å²) in [4.78, 5) is 5.53. The van der Waals surface area contributed by atoms with Gasteiger partial charge in [-0.3, -0.25) is 4.98 Å². The van der Waals surface area contributed by atoms with Crippen LogP contribution in [0.2, 0.25) is 0 Å². The lowest BCUT2D eigenvalue weighted by atomic mass is 9.91. The normalized spacial score (nSPS) is 14.5. The van der Waals surface area contributed by atoms with E-state index in [9.17, 15) is 4.21 Å². The summed E-state index contributed by atoms with van der Waals surface area (Å²) in [6.45, 7) is 9.12. The lowest BCUT2D eigenvalue weighted by molar-refractivity contribution is 0.177. The molecule has 0 saturated heterocycles. The van der Waals surface area contributed by atoms with Crippen molar-refractivity contribution >= 4 is 27.6 Å². The van der Waals surface area contributed by atoms with Crippen molar-refractivity contribution < 1.29 is 8.95 Å². The number of aryl methyl sites for hydroxylation is 2. The predicted octanol–water partition coefficient (Wildman–Crippen LogP) is 5.15. The van der Waals surface area contributed by atoms with Gasteiger partial charge in [0.05, 0.1) is 22.7 Å². The lowest BCUT2D eigenvalue weighted by Gasteiger charge is -2.22. The van der Waals surface area contributed by atoms with Crippen molar-refractivity contribution in [3.63, 3.8) is 0 Å². The van der Waals surface area contributed by atoms with Crippen LogP contribution in [0.1, 0.15) is 54.6 Å². The molecule has 0 fully saturated rings. The number of para-hydroxylation sites is 1. The van der Waals surface area contributed by atoms with Crippen LogP contribution in [0.3, 0.4) is 0 Å². The zero-order valence-electron chi connectivity index (χ0n) is 18.4. The predicted molar refractivity (Wildman–Crippen MR) is 125 cm³/mol. The zero-order chi connectivity index (χ0) is 21.8. The van der Waals surface area contributed by atoms with E-state index in [0.29, 0.717) is 17.4 Å². The van der Waals surface area contributed by atoms with E-state index in [-0.39, 0.29) is 6.04 Å². The molecule has 0 saturated carbocycles. The molecule has 0 aliphatic heterocycles. The molecule has 5 nitrogen and oxygen atoms in total. The molecule has 3 unspecified atom stereocenters. The summed E-state index contributed by atoms with van der Waals surface area (Å²) in [6, 6.07) is 14.0. The van der Waals surface area contributed by atoms with Gasteiger partial charge in [-0.05, 0) is 68.1 Å². The number of nitrogens with one attached hydrogen (secondary N) is 1. The van der Waals surface area contributed by atoms with Crippen molar-refractivity contribution in [1.82, 2.24) is 4.98 Å². The van der Waals surface area contributed by atoms with Crippen LogP contribution in [0.15, 0.2) is 47.4 Å². The molecule has 0 bridgehead atoms. The number of hydrogen-bond donors (Lipinski definition) is 2. The second-order valence-corrected chi connectivity index (χ2v) is 8.84. The van der Waals surface area contributed by atoms with E-state index >= 15 is 0 Å². The molecule has 1 heterocycles. The first-order valence-corrected chi connectivity index (χ1v) is 11.5. The van der Waals surface area contributed by atoms with Gasteiger partial charge in [0, 0.05) is 30.1 Å². The van der Waals surface area contributed by atoms with Gasteiger partial charge in [0.2, 0.25) is 0 Å². The maximum Gasteiger partial charge on any atom is 0.124 e. The highest BCUT2D eigenvalue weighted by atomic mass is 32.2. The van der Waals surface area contributed by atoms with Crippen molar-refractivity contribution in [2.45, 2.75) is 51.0 Å². The van der Waals surface area contributed by atoms with Gasteiger partial charge in [0.15, 0.2) is 0 Å². The van der Waals surface area contributed by atoms with E-state index in [0.717, 1.165) is 39.8 Å². The van der Waals surface area contributed by atoms with Gasteiger partial charge >= 0.3 is 0 Å². The average molecular weight is 426 g/mol. The number of aromatic nitrogens is 1. The van der Waals surface area contributed by atoms with E-state index in [1.165, 1.54) is 5.56 Å². The second kappa shape index (κ2) is 9.69. The second-order valence-electron chi connectivity index (χ2n) is 7.80. The van der Waals surface area contributed by atoms with Crippen LogP contribution in [0.5, 0.6) is 0 Å². The molecule has 0 spiro atoms. The van der Waals surface area contributed by atoms with Crippen LogP contribution in [0.25, 0.3) is 10.9 Å². The van der Waals surface area contributed by atoms with Crippen LogP contribution < -0.4 is 10.5 Å². The summed E-state index contributed by atoms with van der Waals surface area (Å²) in [5.41, 5.74) is 6.36. The van der Waals surface area contributed by atoms with E-state index in [4.69, 9.17) is 14.9 Å². The Balaban J connectivity index is 2.09. The molecule has 0 amide bonds. The molecular weight excluding hydrogens is 394 g/mol. The number of nitrogens with zero attached hydrogens (tertiary/aromatic N) is 1. The number of pyridine rings is 1. The minimum atomic E-state index is -1.55. The van der Waals surface area contributed by atoms with Crippen LogP contribution in [0.4, 0.5) is 5.69 Å². The number of hydrogen-bond acceptors (Lipinski definition) is 4. The van der Waals surface area contributed by atoms with Crippen LogP contribution in [0, 0.1) is 13.8 Å². The summed E-state index contributed by atoms with van der Waals surface area (Å²) in [5.74, 6) is 0.310. The fourth-order valence-corrected chi connectivity index (χ4v) is 4.59. The molecule has 2 aromatic carbocycles. The number of fused-ring (bicyclic) bond motifs is 1. The quantitative estimate of drug-likeness (QED) is 0.523. The van der Waals surface area contributed by atoms with Crippen molar-refractivity contribution in [1.29, 1.82) is 0 Å². The molecule has 0 radical (unpaired) electrons. The minimum Gasteiger partial charge on any atom is -0.384 e. The standard InChI is InChI=1S/C24H31N3O2S/c1-6-18(14-29-5)19-13-21-20(11-15(2)12-23(21)27-16(19)3)17(4)26-22-9-7-8-10-24(22)30(25)28/h7-13,17-18,26H,6,14,25H2,1-5H3. The highest BCUT2D eigenvalue weighted by molar-refractivity contribution is 7.82. The van der Waals surface area contributed by atoms with Crippen molar-refractivity contribution in [2.75, 3.05) is 19.0 Å². The number of anilines is 1. The molecule has 6 heteroatoms. The summed E-state index contributed by atoms with van der Waals surface area (Å²) in [5, 5.41) is 10.3. The number of benzene rings is 2. The fraction of sp³-hybridized carbons (Fsp3) is 0.375. The van der Waals surface area contributed by atoms with Crippen LogP contribution >= 0.6 is 0 Å². The Kier molecular flexibility index (Phi) is 7.23. The molecule has 1 aromatic heterocycles. The monoisotopic (exact) mass is 425 g/mol. The maximum atomic E-state index is 11.9. The topological polar surface area (TPSA) is 77.2 Å². The Morgan fingerprint density at radius 3 is 2.57 bits per heavy atom. The van der Waals surface area contributed by atoms with Gasteiger partial charge in [0.25, 0.3) is 0 Å². The van der Waals surface area contributed by atoms with Crippen molar-refractivity contribution in [2.24, 2.45) is 5.14 Å². The summed E-state index contributed by atoms with van der Waals surface area (Å²) >= 11 is 0. The fourth-order valence-electron chi connectivity index (χ4n) is 4.03. The zero-order valence-corrected chi connectivity index (χ0v) is 19.2. The SMILES string of the molecule is CCC(COC)c1cc2c(C(C)Nc3ccccc3S(N)=O)cc(C)cc2nc1C. The highest BCUT2D eigenvalue weighted by Gasteiger charge is 2.18. The first-order valence-electron chi connectivity index (χ1n) is 10.3. The number of nitrogens with two attached hydrogens (primary N) is 1. The number of methoxy groups -OCH3 is 1. The molecule has 3 rings (SSSR count). The third-order valence-electron chi connectivity index (χ3n) is 5.58. The molecule has 30 heavy (non-hydrogen) atoms. The van der Waals surface area contributed by atoms with E-state index in [1.807, 2.05) is 18.2 Å². The first kappa shape index (κ1) is 22.4. The molecule has 3 atom stereocenters. The Morgan fingerprint density at radius 1 is 1.17 bits per heavy atom. The molecule has 160 valence electrons. The van der Waals surface area contributed by atoms with E-state index in [1.54, 1.807) is 13.2 Å². The first-order chi connectivity index (χ1) is 14.3. The highest BCUT2D eigenvalue weighted by Crippen LogP contribution is 2.33. The number of rotatable bonds is 8. The molecule has 3 N–H and O–H groups in total. The Labute approximate surface area is 181 Å². The molecule has 3 aromatic rings.